The number of aryl methyl sites for hydroxylation is 1. The highest BCUT2D eigenvalue weighted by Crippen LogP contribution is 2.27. The Balaban J connectivity index is 1.41. The van der Waals surface area contributed by atoms with Crippen molar-refractivity contribution in [2.24, 2.45) is 11.8 Å². The quantitative estimate of drug-likeness (QED) is 0.217. The molecule has 1 saturated carbocycles. The summed E-state index contributed by atoms with van der Waals surface area (Å²) < 4.78 is 5.58. The Morgan fingerprint density at radius 2 is 1.71 bits per heavy atom. The molecular weight excluding hydrogens is 624 g/mol. The van der Waals surface area contributed by atoms with Crippen molar-refractivity contribution in [2.75, 3.05) is 6.54 Å². The summed E-state index contributed by atoms with van der Waals surface area (Å²) in [5.41, 5.74) is 0.544. The van der Waals surface area contributed by atoms with Crippen molar-refractivity contribution in [2.45, 2.75) is 103 Å². The largest absolute Gasteiger partial charge is 0.460 e. The standard InChI is InChI=1S/C32H44N8O8/c1-14(2)25-31(46)37-26(17(5)41)32(47)40-13-18(34-29(44)22-12-21(38-39-22)24-10-9-15(3)48-24)11-23(40)30(45)33-16(4)27(42)35-20-8-6-7-19(20)28(43)36-25/h9-10,12,14,16-20,23,25-26,41H,6-8,11,13H2,1-5H3,(H,33,45)(H,34,44)(H,35,42)(H,36,43)(H,37,46)(H,38,39)/t16-,17+,18-,19-,20-,23-,25+,26+/m0/s1. The fraction of sp³-hybridized carbons (Fsp3) is 0.594. The molecule has 2 aromatic heterocycles. The summed E-state index contributed by atoms with van der Waals surface area (Å²) in [6.45, 7) is 7.97. The summed E-state index contributed by atoms with van der Waals surface area (Å²) in [6, 6.07) is -0.856. The van der Waals surface area contributed by atoms with E-state index >= 15 is 0 Å². The number of nitrogens with one attached hydrogen (secondary N) is 6. The molecule has 3 fully saturated rings. The lowest BCUT2D eigenvalue weighted by atomic mass is 9.98. The maximum Gasteiger partial charge on any atom is 0.272 e. The van der Waals surface area contributed by atoms with Crippen LogP contribution in [0.2, 0.25) is 0 Å². The number of rotatable bonds is 5. The van der Waals surface area contributed by atoms with Gasteiger partial charge in [0.05, 0.1) is 12.0 Å². The number of carbonyl (C=O) groups is 6. The minimum atomic E-state index is -1.47. The zero-order valence-corrected chi connectivity index (χ0v) is 27.7. The molecule has 260 valence electrons. The Bertz CT molecular complexity index is 1570. The first kappa shape index (κ1) is 34.6. The Hall–Kier alpha value is -4.73. The second kappa shape index (κ2) is 14.2. The van der Waals surface area contributed by atoms with Crippen molar-refractivity contribution >= 4 is 35.4 Å². The molecule has 2 saturated heterocycles. The van der Waals surface area contributed by atoms with Crippen LogP contribution >= 0.6 is 0 Å². The van der Waals surface area contributed by atoms with Gasteiger partial charge in [0.2, 0.25) is 29.5 Å². The average molecular weight is 669 g/mol. The molecule has 16 heteroatoms. The molecule has 5 rings (SSSR count). The molecule has 0 spiro atoms. The number of aromatic amines is 1. The first-order valence-corrected chi connectivity index (χ1v) is 16.4. The molecular formula is C32H44N8O8. The SMILES string of the molecule is Cc1ccc(-c2cc(C(=O)N[C@H]3C[C@H]4C(=O)N[C@@H](C)C(=O)N[C@H]5CCC[C@@H]5C(=O)N[C@H](C(C)C)C(=O)N[C@H]([C@@H](C)O)C(=O)N4C3)n[nH]2)o1. The molecule has 8 atom stereocenters. The third-order valence-electron chi connectivity index (χ3n) is 9.26. The Kier molecular flexibility index (Phi) is 10.2. The first-order valence-electron chi connectivity index (χ1n) is 16.4. The smallest absolute Gasteiger partial charge is 0.272 e. The van der Waals surface area contributed by atoms with Crippen LogP contribution in [0.3, 0.4) is 0 Å². The molecule has 0 bridgehead atoms. The third kappa shape index (κ3) is 7.37. The zero-order chi connectivity index (χ0) is 34.9. The topological polar surface area (TPSA) is 228 Å². The van der Waals surface area contributed by atoms with Crippen molar-refractivity contribution in [3.8, 4) is 11.5 Å². The number of amides is 6. The van der Waals surface area contributed by atoms with E-state index in [2.05, 4.69) is 36.8 Å². The van der Waals surface area contributed by atoms with Gasteiger partial charge in [0, 0.05) is 24.7 Å². The molecule has 3 aliphatic rings. The summed E-state index contributed by atoms with van der Waals surface area (Å²) >= 11 is 0. The maximum atomic E-state index is 14.0. The second-order valence-electron chi connectivity index (χ2n) is 13.3. The van der Waals surface area contributed by atoms with Crippen LogP contribution in [0.25, 0.3) is 11.5 Å². The Labute approximate surface area is 277 Å². The maximum absolute atomic E-state index is 14.0. The van der Waals surface area contributed by atoms with Gasteiger partial charge in [-0.2, -0.15) is 5.10 Å². The lowest BCUT2D eigenvalue weighted by molar-refractivity contribution is -0.145. The molecule has 0 unspecified atom stereocenters. The van der Waals surface area contributed by atoms with Crippen LogP contribution in [-0.2, 0) is 24.0 Å². The van der Waals surface area contributed by atoms with Crippen molar-refractivity contribution in [3.63, 3.8) is 0 Å². The van der Waals surface area contributed by atoms with Crippen LogP contribution in [0.1, 0.15) is 69.6 Å². The number of hydrogen-bond acceptors (Lipinski definition) is 9. The van der Waals surface area contributed by atoms with Gasteiger partial charge in [-0.05, 0) is 58.1 Å². The molecule has 2 aliphatic heterocycles. The number of furan rings is 1. The fourth-order valence-electron chi connectivity index (χ4n) is 6.57. The molecule has 0 aromatic carbocycles. The van der Waals surface area contributed by atoms with Gasteiger partial charge in [-0.3, -0.25) is 33.9 Å². The lowest BCUT2D eigenvalue weighted by Crippen LogP contribution is -2.62. The van der Waals surface area contributed by atoms with Crippen LogP contribution in [0, 0.1) is 18.8 Å². The number of aliphatic hydroxyl groups excluding tert-OH is 1. The van der Waals surface area contributed by atoms with Crippen molar-refractivity contribution < 1.29 is 38.3 Å². The monoisotopic (exact) mass is 668 g/mol. The number of hydrogen-bond donors (Lipinski definition) is 7. The first-order chi connectivity index (χ1) is 22.7. The summed E-state index contributed by atoms with van der Waals surface area (Å²) in [6.07, 6.45) is 0.358. The number of nitrogens with zero attached hydrogens (tertiary/aromatic N) is 2. The number of aliphatic hydroxyl groups is 1. The number of H-pyrrole nitrogens is 1. The van der Waals surface area contributed by atoms with Crippen LogP contribution in [-0.4, -0.2) is 105 Å². The van der Waals surface area contributed by atoms with E-state index < -0.39 is 83.7 Å². The van der Waals surface area contributed by atoms with Crippen LogP contribution in [0.5, 0.6) is 0 Å². The van der Waals surface area contributed by atoms with Gasteiger partial charge in [0.1, 0.15) is 35.6 Å². The summed E-state index contributed by atoms with van der Waals surface area (Å²) in [5.74, 6) is -3.34. The average Bonchev–Trinajstić information content (AvgIpc) is 3.84. The summed E-state index contributed by atoms with van der Waals surface area (Å²) in [4.78, 5) is 82.2. The number of aromatic nitrogens is 2. The van der Waals surface area contributed by atoms with E-state index in [1.807, 2.05) is 0 Å². The highest BCUT2D eigenvalue weighted by Gasteiger charge is 2.45. The van der Waals surface area contributed by atoms with E-state index in [1.165, 1.54) is 24.8 Å². The van der Waals surface area contributed by atoms with Crippen LogP contribution in [0.4, 0.5) is 0 Å². The van der Waals surface area contributed by atoms with Gasteiger partial charge < -0.3 is 41.0 Å². The summed E-state index contributed by atoms with van der Waals surface area (Å²) in [5, 5.41) is 31.3. The Morgan fingerprint density at radius 1 is 0.979 bits per heavy atom. The predicted molar refractivity (Wildman–Crippen MR) is 170 cm³/mol. The lowest BCUT2D eigenvalue weighted by Gasteiger charge is -2.33. The molecule has 6 amide bonds. The Morgan fingerprint density at radius 3 is 2.38 bits per heavy atom. The van der Waals surface area contributed by atoms with Crippen molar-refractivity contribution in [1.82, 2.24) is 41.7 Å². The van der Waals surface area contributed by atoms with Crippen LogP contribution < -0.4 is 26.6 Å². The molecule has 7 N–H and O–H groups in total. The third-order valence-corrected chi connectivity index (χ3v) is 9.26. The van der Waals surface area contributed by atoms with E-state index in [9.17, 15) is 33.9 Å². The van der Waals surface area contributed by atoms with Crippen molar-refractivity contribution in [1.29, 1.82) is 0 Å². The predicted octanol–water partition coefficient (Wildman–Crippen LogP) is -0.513. The minimum Gasteiger partial charge on any atom is -0.460 e. The van der Waals surface area contributed by atoms with E-state index in [0.29, 0.717) is 36.5 Å². The normalized spacial score (nSPS) is 29.4. The number of carbonyl (C=O) groups excluding carboxylic acids is 6. The van der Waals surface area contributed by atoms with E-state index in [4.69, 9.17) is 4.42 Å². The zero-order valence-electron chi connectivity index (χ0n) is 27.7. The summed E-state index contributed by atoms with van der Waals surface area (Å²) in [7, 11) is 0. The van der Waals surface area contributed by atoms with Gasteiger partial charge in [-0.15, -0.1) is 0 Å². The molecule has 48 heavy (non-hydrogen) atoms. The molecule has 16 nitrogen and oxygen atoms in total. The van der Waals surface area contributed by atoms with Gasteiger partial charge in [0.15, 0.2) is 11.5 Å². The van der Waals surface area contributed by atoms with E-state index in [0.717, 1.165) is 0 Å². The highest BCUT2D eigenvalue weighted by molar-refractivity contribution is 5.97. The highest BCUT2D eigenvalue weighted by atomic mass is 16.3. The van der Waals surface area contributed by atoms with E-state index in [-0.39, 0.29) is 24.6 Å². The molecule has 1 aliphatic carbocycles. The van der Waals surface area contributed by atoms with Crippen molar-refractivity contribution in [3.05, 3.63) is 29.7 Å². The van der Waals surface area contributed by atoms with Gasteiger partial charge in [0.25, 0.3) is 5.91 Å². The second-order valence-corrected chi connectivity index (χ2v) is 13.3. The fourth-order valence-corrected chi connectivity index (χ4v) is 6.57. The van der Waals surface area contributed by atoms with Gasteiger partial charge in [-0.25, -0.2) is 0 Å². The van der Waals surface area contributed by atoms with E-state index in [1.54, 1.807) is 32.9 Å². The minimum absolute atomic E-state index is 0.0117. The molecule has 2 aromatic rings. The molecule has 0 radical (unpaired) electrons. The van der Waals surface area contributed by atoms with Gasteiger partial charge >= 0.3 is 0 Å². The van der Waals surface area contributed by atoms with Crippen LogP contribution in [0.15, 0.2) is 22.6 Å². The molecule has 4 heterocycles. The number of fused-ring (bicyclic) bond motifs is 2. The van der Waals surface area contributed by atoms with Gasteiger partial charge in [-0.1, -0.05) is 20.3 Å².